The lowest BCUT2D eigenvalue weighted by Gasteiger charge is -2.20. The number of aromatic nitrogens is 3. The molecule has 0 fully saturated rings. The highest BCUT2D eigenvalue weighted by atomic mass is 35.5. The van der Waals surface area contributed by atoms with E-state index in [2.05, 4.69) is 4.98 Å². The second-order valence-corrected chi connectivity index (χ2v) is 7.45. The number of amides is 1. The summed E-state index contributed by atoms with van der Waals surface area (Å²) in [5.74, 6) is 0.668. The first-order chi connectivity index (χ1) is 15.0. The zero-order valence-corrected chi connectivity index (χ0v) is 18.6. The Kier molecular flexibility index (Phi) is 7.17. The lowest BCUT2D eigenvalue weighted by atomic mass is 9.99. The molecule has 0 aliphatic carbocycles. The molecule has 9 heteroatoms. The van der Waals surface area contributed by atoms with Crippen LogP contribution in [0, 0.1) is 0 Å². The predicted molar refractivity (Wildman–Crippen MR) is 123 cm³/mol. The molecule has 0 saturated carbocycles. The maximum Gasteiger partial charge on any atom is 0.268 e. The van der Waals surface area contributed by atoms with Crippen LogP contribution in [0.3, 0.4) is 0 Å². The Morgan fingerprint density at radius 1 is 1.22 bits per heavy atom. The molecule has 2 atom stereocenters. The number of imidazole rings is 1. The van der Waals surface area contributed by atoms with Crippen LogP contribution >= 0.6 is 12.4 Å². The number of carbonyl (C=O) groups excluding carboxylic acids is 1. The van der Waals surface area contributed by atoms with E-state index >= 15 is 0 Å². The van der Waals surface area contributed by atoms with E-state index in [1.165, 1.54) is 0 Å². The van der Waals surface area contributed by atoms with Crippen LogP contribution in [0.4, 0.5) is 0 Å². The summed E-state index contributed by atoms with van der Waals surface area (Å²) in [6.45, 7) is 1.75. The van der Waals surface area contributed by atoms with Crippen molar-refractivity contribution in [2.75, 3.05) is 7.11 Å². The second kappa shape index (κ2) is 9.84. The Morgan fingerprint density at radius 3 is 2.59 bits per heavy atom. The zero-order chi connectivity index (χ0) is 22.0. The van der Waals surface area contributed by atoms with Gasteiger partial charge in [0.1, 0.15) is 17.0 Å². The van der Waals surface area contributed by atoms with Gasteiger partial charge < -0.3 is 24.6 Å². The normalized spacial score (nSPS) is 12.8. The summed E-state index contributed by atoms with van der Waals surface area (Å²) in [6, 6.07) is 13.0. The number of ether oxygens (including phenoxy) is 1. The molecule has 32 heavy (non-hydrogen) atoms. The van der Waals surface area contributed by atoms with Gasteiger partial charge in [0.05, 0.1) is 25.6 Å². The number of halogens is 1. The molecule has 8 nitrogen and oxygen atoms in total. The molecular weight excluding hydrogens is 432 g/mol. The summed E-state index contributed by atoms with van der Waals surface area (Å²) < 4.78 is 13.1. The first-order valence-corrected chi connectivity index (χ1v) is 10.0. The fourth-order valence-electron chi connectivity index (χ4n) is 3.59. The molecule has 2 aromatic carbocycles. The highest BCUT2D eigenvalue weighted by Gasteiger charge is 2.22. The van der Waals surface area contributed by atoms with E-state index in [4.69, 9.17) is 19.9 Å². The van der Waals surface area contributed by atoms with E-state index in [0.29, 0.717) is 24.3 Å². The monoisotopic (exact) mass is 456 g/mol. The Labute approximate surface area is 191 Å². The molecular formula is C23H25ClN4O4. The lowest BCUT2D eigenvalue weighted by Crippen LogP contribution is -2.14. The molecule has 0 bridgehead atoms. The molecule has 1 amide bonds. The number of rotatable bonds is 8. The number of primary amides is 1. The predicted octanol–water partition coefficient (Wildman–Crippen LogP) is 3.97. The molecule has 168 valence electrons. The van der Waals surface area contributed by atoms with Gasteiger partial charge in [-0.1, -0.05) is 12.1 Å². The van der Waals surface area contributed by atoms with Gasteiger partial charge in [-0.25, -0.2) is 9.97 Å². The number of methoxy groups -OCH3 is 1. The number of fused-ring (bicyclic) bond motifs is 1. The van der Waals surface area contributed by atoms with E-state index in [0.717, 1.165) is 22.4 Å². The third kappa shape index (κ3) is 4.76. The molecule has 0 spiro atoms. The average Bonchev–Trinajstić information content (AvgIpc) is 3.42. The summed E-state index contributed by atoms with van der Waals surface area (Å²) in [5, 5.41) is 9.85. The molecule has 0 aliphatic heterocycles. The molecule has 1 unspecified atom stereocenters. The van der Waals surface area contributed by atoms with E-state index in [-0.39, 0.29) is 24.1 Å². The zero-order valence-electron chi connectivity index (χ0n) is 17.8. The molecule has 0 radical (unpaired) electrons. The van der Waals surface area contributed by atoms with Crippen molar-refractivity contribution in [2.24, 2.45) is 5.73 Å². The van der Waals surface area contributed by atoms with Crippen molar-refractivity contribution in [1.29, 1.82) is 0 Å². The maximum absolute atomic E-state index is 11.5. The topological polar surface area (TPSA) is 116 Å². The summed E-state index contributed by atoms with van der Waals surface area (Å²) in [7, 11) is 1.62. The fourth-order valence-corrected chi connectivity index (χ4v) is 3.59. The van der Waals surface area contributed by atoms with E-state index < -0.39 is 12.0 Å². The molecule has 2 aromatic heterocycles. The number of aliphatic hydroxyl groups excluding tert-OH is 1. The second-order valence-electron chi connectivity index (χ2n) is 7.45. The number of oxazole rings is 1. The molecule has 4 rings (SSSR count). The van der Waals surface area contributed by atoms with Crippen molar-refractivity contribution in [3.8, 4) is 17.2 Å². The van der Waals surface area contributed by atoms with Crippen LogP contribution in [-0.2, 0) is 0 Å². The van der Waals surface area contributed by atoms with Crippen molar-refractivity contribution in [1.82, 2.24) is 14.5 Å². The standard InChI is InChI=1S/C23H24N4O4.ClH/c1-14(28)6-11-19(27-12-18(22(24)29)25-13-27)17-4-3-5-20-21(17)26-23(31-20)15-7-9-16(30-2)10-8-15;/h3-5,7-10,12-14,19,28H,6,11H2,1-2H3,(H2,24,29);1H/t14-,19?;/m0./s1. The number of aliphatic hydroxyl groups is 1. The number of benzene rings is 2. The SMILES string of the molecule is COc1ccc(-c2nc3c(C(CC[C@H](C)O)n4cnc(C(N)=O)c4)cccc3o2)cc1.Cl. The van der Waals surface area contributed by atoms with Gasteiger partial charge in [-0.05, 0) is 50.1 Å². The lowest BCUT2D eigenvalue weighted by molar-refractivity contribution is 0.0996. The van der Waals surface area contributed by atoms with Gasteiger partial charge >= 0.3 is 0 Å². The molecule has 4 aromatic rings. The maximum atomic E-state index is 11.5. The number of nitrogens with zero attached hydrogens (tertiary/aromatic N) is 3. The summed E-state index contributed by atoms with van der Waals surface area (Å²) in [6.07, 6.45) is 3.92. The fraction of sp³-hybridized carbons (Fsp3) is 0.261. The van der Waals surface area contributed by atoms with Gasteiger partial charge in [0.25, 0.3) is 5.91 Å². The molecule has 0 aliphatic rings. The van der Waals surface area contributed by atoms with Crippen molar-refractivity contribution < 1.29 is 19.1 Å². The van der Waals surface area contributed by atoms with Crippen LogP contribution < -0.4 is 10.5 Å². The number of hydrogen-bond donors (Lipinski definition) is 2. The van der Waals surface area contributed by atoms with Crippen molar-refractivity contribution >= 4 is 29.4 Å². The number of nitrogens with two attached hydrogens (primary N) is 1. The van der Waals surface area contributed by atoms with Gasteiger partial charge in [-0.3, -0.25) is 4.79 Å². The largest absolute Gasteiger partial charge is 0.497 e. The summed E-state index contributed by atoms with van der Waals surface area (Å²) in [5.41, 5.74) is 8.69. The van der Waals surface area contributed by atoms with Gasteiger partial charge in [-0.2, -0.15) is 0 Å². The highest BCUT2D eigenvalue weighted by Crippen LogP contribution is 2.33. The minimum Gasteiger partial charge on any atom is -0.497 e. The van der Waals surface area contributed by atoms with Crippen LogP contribution in [-0.4, -0.2) is 38.8 Å². The first-order valence-electron chi connectivity index (χ1n) is 10.0. The van der Waals surface area contributed by atoms with Gasteiger partial charge in [0.15, 0.2) is 5.58 Å². The van der Waals surface area contributed by atoms with Crippen LogP contribution in [0.15, 0.2) is 59.4 Å². The van der Waals surface area contributed by atoms with Crippen molar-refractivity contribution in [3.63, 3.8) is 0 Å². The van der Waals surface area contributed by atoms with Gasteiger partial charge in [-0.15, -0.1) is 12.4 Å². The average molecular weight is 457 g/mol. The highest BCUT2D eigenvalue weighted by molar-refractivity contribution is 5.90. The molecule has 0 saturated heterocycles. The van der Waals surface area contributed by atoms with Crippen LogP contribution in [0.1, 0.15) is 41.9 Å². The Bertz CT molecular complexity index is 1200. The van der Waals surface area contributed by atoms with E-state index in [9.17, 15) is 9.90 Å². The quantitative estimate of drug-likeness (QED) is 0.414. The summed E-state index contributed by atoms with van der Waals surface area (Å²) in [4.78, 5) is 20.4. The number of carbonyl (C=O) groups is 1. The number of para-hydroxylation sites is 1. The third-order valence-electron chi connectivity index (χ3n) is 5.22. The van der Waals surface area contributed by atoms with Gasteiger partial charge in [0, 0.05) is 17.3 Å². The minimum absolute atomic E-state index is 0. The van der Waals surface area contributed by atoms with E-state index in [1.807, 2.05) is 47.0 Å². The Balaban J connectivity index is 0.00000289. The molecule has 3 N–H and O–H groups in total. The third-order valence-corrected chi connectivity index (χ3v) is 5.22. The molecule has 2 heterocycles. The Morgan fingerprint density at radius 2 is 1.97 bits per heavy atom. The summed E-state index contributed by atoms with van der Waals surface area (Å²) >= 11 is 0. The Hall–Kier alpha value is -3.36. The van der Waals surface area contributed by atoms with E-state index in [1.54, 1.807) is 26.6 Å². The van der Waals surface area contributed by atoms with Crippen LogP contribution in [0.5, 0.6) is 5.75 Å². The van der Waals surface area contributed by atoms with Crippen LogP contribution in [0.25, 0.3) is 22.6 Å². The number of hydrogen-bond acceptors (Lipinski definition) is 6. The minimum atomic E-state index is -0.588. The van der Waals surface area contributed by atoms with Crippen molar-refractivity contribution in [2.45, 2.75) is 31.9 Å². The van der Waals surface area contributed by atoms with Gasteiger partial charge in [0.2, 0.25) is 5.89 Å². The first kappa shape index (κ1) is 23.3. The smallest absolute Gasteiger partial charge is 0.268 e. The van der Waals surface area contributed by atoms with Crippen LogP contribution in [0.2, 0.25) is 0 Å². The van der Waals surface area contributed by atoms with Crippen molar-refractivity contribution in [3.05, 3.63) is 66.2 Å².